The van der Waals surface area contributed by atoms with E-state index in [2.05, 4.69) is 4.90 Å². The van der Waals surface area contributed by atoms with Crippen molar-refractivity contribution >= 4 is 11.6 Å². The fraction of sp³-hybridized carbons (Fsp3) is 0.611. The van der Waals surface area contributed by atoms with Gasteiger partial charge in [0.2, 0.25) is 0 Å². The maximum atomic E-state index is 12.6. The molecule has 0 unspecified atom stereocenters. The van der Waals surface area contributed by atoms with Crippen LogP contribution in [-0.2, 0) is 9.53 Å². The zero-order chi connectivity index (χ0) is 17.1. The average molecular weight is 334 g/mol. The fourth-order valence-corrected chi connectivity index (χ4v) is 3.63. The number of hydrogen-bond acceptors (Lipinski definition) is 4. The lowest BCUT2D eigenvalue weighted by molar-refractivity contribution is -0.892. The molecular weight excluding hydrogens is 306 g/mol. The number of nitrogens with one attached hydrogen (secondary N) is 1. The van der Waals surface area contributed by atoms with Gasteiger partial charge in [0.15, 0.2) is 6.54 Å². The number of carbonyl (C=O) groups is 1. The predicted molar refractivity (Wildman–Crippen MR) is 92.5 cm³/mol. The van der Waals surface area contributed by atoms with Crippen molar-refractivity contribution < 1.29 is 19.5 Å². The molecule has 0 aromatic heterocycles. The van der Waals surface area contributed by atoms with Gasteiger partial charge >= 0.3 is 0 Å². The van der Waals surface area contributed by atoms with Crippen molar-refractivity contribution in [3.63, 3.8) is 0 Å². The number of morpholine rings is 1. The zero-order valence-electron chi connectivity index (χ0n) is 14.6. The highest BCUT2D eigenvalue weighted by atomic mass is 16.5. The smallest absolute Gasteiger partial charge is 0.277 e. The number of amides is 1. The molecule has 3 rings (SSSR count). The zero-order valence-corrected chi connectivity index (χ0v) is 14.6. The van der Waals surface area contributed by atoms with Crippen LogP contribution in [0, 0.1) is 0 Å². The van der Waals surface area contributed by atoms with Crippen LogP contribution in [0.5, 0.6) is 5.75 Å². The molecule has 2 saturated heterocycles. The summed E-state index contributed by atoms with van der Waals surface area (Å²) in [5, 5.41) is 9.38. The molecule has 2 aliphatic rings. The van der Waals surface area contributed by atoms with Gasteiger partial charge in [-0.25, -0.2) is 0 Å². The number of phenolic OH excluding ortho intramolecular Hbond substituents is 1. The second kappa shape index (κ2) is 7.40. The monoisotopic (exact) mass is 334 g/mol. The van der Waals surface area contributed by atoms with Gasteiger partial charge in [-0.3, -0.25) is 4.79 Å². The third kappa shape index (κ3) is 4.19. The third-order valence-corrected chi connectivity index (χ3v) is 4.86. The van der Waals surface area contributed by atoms with Crippen LogP contribution in [0.2, 0.25) is 0 Å². The van der Waals surface area contributed by atoms with Gasteiger partial charge in [-0.2, -0.15) is 0 Å². The highest BCUT2D eigenvalue weighted by Crippen LogP contribution is 2.18. The van der Waals surface area contributed by atoms with Crippen LogP contribution in [-0.4, -0.2) is 73.9 Å². The molecule has 2 fully saturated rings. The van der Waals surface area contributed by atoms with E-state index in [9.17, 15) is 9.90 Å². The van der Waals surface area contributed by atoms with Crippen molar-refractivity contribution in [3.8, 4) is 5.75 Å². The van der Waals surface area contributed by atoms with E-state index in [0.29, 0.717) is 25.4 Å². The van der Waals surface area contributed by atoms with E-state index in [4.69, 9.17) is 4.74 Å². The molecule has 6 nitrogen and oxygen atoms in total. The van der Waals surface area contributed by atoms with Gasteiger partial charge in [-0.15, -0.1) is 0 Å². The summed E-state index contributed by atoms with van der Waals surface area (Å²) in [6, 6.07) is 7.33. The summed E-state index contributed by atoms with van der Waals surface area (Å²) in [6.07, 6.45) is 0.248. The van der Waals surface area contributed by atoms with E-state index >= 15 is 0 Å². The molecule has 2 N–H and O–H groups in total. The van der Waals surface area contributed by atoms with Gasteiger partial charge in [-0.1, -0.05) is 0 Å². The average Bonchev–Trinajstić information content (AvgIpc) is 2.55. The molecule has 0 radical (unpaired) electrons. The quantitative estimate of drug-likeness (QED) is 0.799. The molecule has 24 heavy (non-hydrogen) atoms. The van der Waals surface area contributed by atoms with Crippen LogP contribution in [0.1, 0.15) is 13.8 Å². The Kier molecular flexibility index (Phi) is 5.26. The van der Waals surface area contributed by atoms with Crippen LogP contribution in [0.3, 0.4) is 0 Å². The number of piperazine rings is 1. The first-order valence-electron chi connectivity index (χ1n) is 8.82. The van der Waals surface area contributed by atoms with Crippen LogP contribution in [0.25, 0.3) is 0 Å². The first-order chi connectivity index (χ1) is 11.5. The second-order valence-corrected chi connectivity index (χ2v) is 6.99. The number of phenols is 1. The molecule has 0 bridgehead atoms. The van der Waals surface area contributed by atoms with Gasteiger partial charge in [-0.05, 0) is 38.1 Å². The SMILES string of the molecule is C[C@H]1CN(C(=O)C[NH+]2CCN(c3ccc(O)cc3)CC2)C[C@H](C)O1. The Balaban J connectivity index is 1.48. The third-order valence-electron chi connectivity index (χ3n) is 4.86. The van der Waals surface area contributed by atoms with Crippen molar-refractivity contribution in [2.75, 3.05) is 50.7 Å². The maximum Gasteiger partial charge on any atom is 0.277 e. The normalized spacial score (nSPS) is 25.8. The van der Waals surface area contributed by atoms with Gasteiger partial charge in [0.05, 0.1) is 38.4 Å². The highest BCUT2D eigenvalue weighted by molar-refractivity contribution is 5.77. The molecule has 132 valence electrons. The molecule has 6 heteroatoms. The summed E-state index contributed by atoms with van der Waals surface area (Å²) in [7, 11) is 0. The van der Waals surface area contributed by atoms with E-state index in [1.165, 1.54) is 4.90 Å². The van der Waals surface area contributed by atoms with Crippen molar-refractivity contribution in [2.45, 2.75) is 26.1 Å². The van der Waals surface area contributed by atoms with Crippen LogP contribution in [0.15, 0.2) is 24.3 Å². The largest absolute Gasteiger partial charge is 0.508 e. The lowest BCUT2D eigenvalue weighted by atomic mass is 10.2. The van der Waals surface area contributed by atoms with Crippen LogP contribution < -0.4 is 9.80 Å². The number of ether oxygens (including phenoxy) is 1. The Morgan fingerprint density at radius 3 is 2.33 bits per heavy atom. The number of quaternary nitrogens is 1. The van der Waals surface area contributed by atoms with E-state index < -0.39 is 0 Å². The first kappa shape index (κ1) is 17.0. The Bertz CT molecular complexity index is 545. The predicted octanol–water partition coefficient (Wildman–Crippen LogP) is -0.267. The molecule has 2 aliphatic heterocycles. The number of nitrogens with zero attached hydrogens (tertiary/aromatic N) is 2. The summed E-state index contributed by atoms with van der Waals surface area (Å²) >= 11 is 0. The van der Waals surface area contributed by atoms with Crippen LogP contribution >= 0.6 is 0 Å². The fourth-order valence-electron chi connectivity index (χ4n) is 3.63. The molecule has 0 saturated carbocycles. The summed E-state index contributed by atoms with van der Waals surface area (Å²) in [4.78, 5) is 18.2. The molecule has 0 spiro atoms. The first-order valence-corrected chi connectivity index (χ1v) is 8.82. The van der Waals surface area contributed by atoms with E-state index in [-0.39, 0.29) is 18.1 Å². The van der Waals surface area contributed by atoms with Gasteiger partial charge < -0.3 is 24.5 Å². The lowest BCUT2D eigenvalue weighted by Gasteiger charge is -2.37. The van der Waals surface area contributed by atoms with Crippen molar-refractivity contribution in [3.05, 3.63) is 24.3 Å². The molecular formula is C18H28N3O3+. The Morgan fingerprint density at radius 1 is 1.17 bits per heavy atom. The minimum absolute atomic E-state index is 0.124. The summed E-state index contributed by atoms with van der Waals surface area (Å²) in [5.74, 6) is 0.535. The van der Waals surface area contributed by atoms with Gasteiger partial charge in [0.25, 0.3) is 5.91 Å². The highest BCUT2D eigenvalue weighted by Gasteiger charge is 2.29. The molecule has 1 amide bonds. The minimum atomic E-state index is 0.124. The number of aromatic hydroxyl groups is 1. The Morgan fingerprint density at radius 2 is 1.75 bits per heavy atom. The maximum absolute atomic E-state index is 12.6. The molecule has 0 aliphatic carbocycles. The van der Waals surface area contributed by atoms with Crippen molar-refractivity contribution in [1.82, 2.24) is 4.90 Å². The number of anilines is 1. The molecule has 1 aromatic carbocycles. The summed E-state index contributed by atoms with van der Waals surface area (Å²) in [5.41, 5.74) is 1.13. The number of benzene rings is 1. The Labute approximate surface area is 143 Å². The van der Waals surface area contributed by atoms with Crippen molar-refractivity contribution in [1.29, 1.82) is 0 Å². The molecule has 2 heterocycles. The number of hydrogen-bond donors (Lipinski definition) is 2. The van der Waals surface area contributed by atoms with Gasteiger partial charge in [0.1, 0.15) is 5.75 Å². The van der Waals surface area contributed by atoms with E-state index in [1.54, 1.807) is 12.1 Å². The summed E-state index contributed by atoms with van der Waals surface area (Å²) in [6.45, 7) is 9.82. The van der Waals surface area contributed by atoms with Gasteiger partial charge in [0, 0.05) is 18.8 Å². The standard InChI is InChI=1S/C18H27N3O3/c1-14-11-21(12-15(2)24-14)18(23)13-19-7-9-20(10-8-19)16-3-5-17(22)6-4-16/h3-6,14-15,22H,7-13H2,1-2H3/p+1/t14-,15-/m0/s1. The lowest BCUT2D eigenvalue weighted by Crippen LogP contribution is -3.16. The Hall–Kier alpha value is -1.79. The number of rotatable bonds is 3. The topological polar surface area (TPSA) is 57.5 Å². The molecule has 1 aromatic rings. The molecule has 2 atom stereocenters. The summed E-state index contributed by atoms with van der Waals surface area (Å²) < 4.78 is 5.70. The van der Waals surface area contributed by atoms with Crippen molar-refractivity contribution in [2.24, 2.45) is 0 Å². The second-order valence-electron chi connectivity index (χ2n) is 6.99. The van der Waals surface area contributed by atoms with E-state index in [0.717, 1.165) is 31.9 Å². The number of carbonyl (C=O) groups excluding carboxylic acids is 1. The van der Waals surface area contributed by atoms with E-state index in [1.807, 2.05) is 30.9 Å². The van der Waals surface area contributed by atoms with Crippen LogP contribution in [0.4, 0.5) is 5.69 Å². The minimum Gasteiger partial charge on any atom is -0.508 e.